The van der Waals surface area contributed by atoms with E-state index in [2.05, 4.69) is 0 Å². The van der Waals surface area contributed by atoms with Gasteiger partial charge in [0.25, 0.3) is 0 Å². The van der Waals surface area contributed by atoms with Crippen LogP contribution in [0.5, 0.6) is 0 Å². The second-order valence-electron chi connectivity index (χ2n) is 7.29. The van der Waals surface area contributed by atoms with Crippen molar-refractivity contribution in [1.82, 2.24) is 0 Å². The quantitative estimate of drug-likeness (QED) is 0.438. The lowest BCUT2D eigenvalue weighted by atomic mass is 9.30. The molecular weight excluding hydrogens is 336 g/mol. The van der Waals surface area contributed by atoms with E-state index in [0.717, 1.165) is 0 Å². The van der Waals surface area contributed by atoms with Gasteiger partial charge in [-0.25, -0.2) is 0 Å². The smallest absolute Gasteiger partial charge is 0.138 e. The van der Waals surface area contributed by atoms with E-state index in [-0.39, 0.29) is 0 Å². The molecule has 0 heterocycles. The van der Waals surface area contributed by atoms with Gasteiger partial charge < -0.3 is 30.6 Å². The highest BCUT2D eigenvalue weighted by atomic mass is 16.5. The molecule has 4 rings (SSSR count). The fraction of sp³-hybridized carbons (Fsp3) is 0.400. The van der Waals surface area contributed by atoms with Gasteiger partial charge >= 0.3 is 0 Å². The van der Waals surface area contributed by atoms with Crippen molar-refractivity contribution >= 4 is 0 Å². The first-order valence-electron chi connectivity index (χ1n) is 8.59. The van der Waals surface area contributed by atoms with E-state index in [4.69, 9.17) is 0 Å². The van der Waals surface area contributed by atoms with Crippen molar-refractivity contribution < 1.29 is 30.6 Å². The minimum absolute atomic E-state index is 0.459. The second-order valence-corrected chi connectivity index (χ2v) is 7.29. The summed E-state index contributed by atoms with van der Waals surface area (Å²) in [6.07, 6.45) is -3.04. The van der Waals surface area contributed by atoms with Crippen LogP contribution in [0.2, 0.25) is 0 Å². The van der Waals surface area contributed by atoms with Crippen LogP contribution in [-0.4, -0.2) is 66.3 Å². The largest absolute Gasteiger partial charge is 0.394 e. The van der Waals surface area contributed by atoms with Gasteiger partial charge in [-0.05, 0) is 11.1 Å². The van der Waals surface area contributed by atoms with E-state index in [9.17, 15) is 30.6 Å². The Morgan fingerprint density at radius 3 is 1.85 bits per heavy atom. The highest BCUT2D eigenvalue weighted by molar-refractivity contribution is 5.55. The molecule has 2 fully saturated rings. The molecule has 2 aliphatic carbocycles. The fourth-order valence-electron chi connectivity index (χ4n) is 5.12. The highest BCUT2D eigenvalue weighted by Crippen LogP contribution is 2.75. The van der Waals surface area contributed by atoms with E-state index in [1.807, 2.05) is 0 Å². The van der Waals surface area contributed by atoms with Crippen LogP contribution in [0, 0.1) is 0 Å². The van der Waals surface area contributed by atoms with Gasteiger partial charge in [-0.15, -0.1) is 0 Å². The molecule has 0 amide bonds. The summed E-state index contributed by atoms with van der Waals surface area (Å²) in [7, 11) is 0. The molecule has 0 spiro atoms. The van der Waals surface area contributed by atoms with Gasteiger partial charge in [0.1, 0.15) is 22.9 Å². The number of rotatable bonds is 4. The lowest BCUT2D eigenvalue weighted by molar-refractivity contribution is -0.459. The summed E-state index contributed by atoms with van der Waals surface area (Å²) < 4.78 is 0. The number of hydrogen-bond donors (Lipinski definition) is 6. The van der Waals surface area contributed by atoms with Gasteiger partial charge in [0.05, 0.1) is 18.6 Å². The van der Waals surface area contributed by atoms with Gasteiger partial charge in [-0.3, -0.25) is 0 Å². The Morgan fingerprint density at radius 1 is 0.846 bits per heavy atom. The molecule has 7 atom stereocenters. The zero-order chi connectivity index (χ0) is 18.7. The summed E-state index contributed by atoms with van der Waals surface area (Å²) in [6.45, 7) is -0.796. The number of fused-ring (bicyclic) bond motifs is 1. The average molecular weight is 358 g/mol. The van der Waals surface area contributed by atoms with Crippen LogP contribution < -0.4 is 0 Å². The molecule has 0 saturated heterocycles. The van der Waals surface area contributed by atoms with Crippen LogP contribution in [0.3, 0.4) is 0 Å². The first-order valence-corrected chi connectivity index (χ1v) is 8.59. The van der Waals surface area contributed by atoms with E-state index >= 15 is 0 Å². The predicted octanol–water partition coefficient (Wildman–Crippen LogP) is -0.511. The van der Waals surface area contributed by atoms with Crippen LogP contribution in [0.1, 0.15) is 23.0 Å². The minimum Gasteiger partial charge on any atom is -0.394 e. The molecule has 6 heteroatoms. The van der Waals surface area contributed by atoms with Gasteiger partial charge in [-0.1, -0.05) is 60.7 Å². The third-order valence-electron chi connectivity index (χ3n) is 6.29. The van der Waals surface area contributed by atoms with E-state index < -0.39 is 47.5 Å². The van der Waals surface area contributed by atoms with Crippen molar-refractivity contribution in [1.29, 1.82) is 0 Å². The molecule has 0 radical (unpaired) electrons. The fourth-order valence-corrected chi connectivity index (χ4v) is 5.12. The van der Waals surface area contributed by atoms with Crippen molar-refractivity contribution in [3.05, 3.63) is 71.8 Å². The summed E-state index contributed by atoms with van der Waals surface area (Å²) in [4.78, 5) is 0. The van der Waals surface area contributed by atoms with Crippen molar-refractivity contribution in [3.8, 4) is 0 Å². The summed E-state index contributed by atoms with van der Waals surface area (Å²) in [5.74, 6) is -2.15. The number of benzene rings is 2. The SMILES string of the molecule is OC[C@@H](O)[C@]1(O)C(c2ccccc2)[C@]2(O)C(O)C(c3ccccc3)[C@@]21O. The molecule has 2 saturated carbocycles. The van der Waals surface area contributed by atoms with Gasteiger partial charge in [0, 0.05) is 5.92 Å². The molecule has 0 bridgehead atoms. The summed E-state index contributed by atoms with van der Waals surface area (Å²) in [6, 6.07) is 17.0. The molecule has 6 nitrogen and oxygen atoms in total. The monoisotopic (exact) mass is 358 g/mol. The van der Waals surface area contributed by atoms with Crippen molar-refractivity contribution in [3.63, 3.8) is 0 Å². The lowest BCUT2D eigenvalue weighted by Gasteiger charge is -2.80. The molecule has 0 aromatic heterocycles. The first kappa shape index (κ1) is 17.6. The Hall–Kier alpha value is -1.80. The zero-order valence-electron chi connectivity index (χ0n) is 14.0. The summed E-state index contributed by atoms with van der Waals surface area (Å²) >= 11 is 0. The lowest BCUT2D eigenvalue weighted by Crippen LogP contribution is -2.99. The number of aliphatic hydroxyl groups is 6. The van der Waals surface area contributed by atoms with Gasteiger partial charge in [0.2, 0.25) is 0 Å². The van der Waals surface area contributed by atoms with E-state index in [0.29, 0.717) is 11.1 Å². The van der Waals surface area contributed by atoms with Crippen LogP contribution in [0.4, 0.5) is 0 Å². The Bertz CT molecular complexity index is 796. The molecule has 6 N–H and O–H groups in total. The maximum Gasteiger partial charge on any atom is 0.138 e. The van der Waals surface area contributed by atoms with Gasteiger partial charge in [-0.2, -0.15) is 0 Å². The zero-order valence-corrected chi connectivity index (χ0v) is 14.0. The standard InChI is InChI=1S/C20H22O6/c21-11-14(22)18(24)16(13-9-5-2-6-10-13)19(25)17(23)15(20(18,19)26)12-7-3-1-4-8-12/h1-10,14-17,21-26H,11H2/t14-,15?,16?,17?,18+,19+,20+/m1/s1. The number of aliphatic hydroxyl groups excluding tert-OH is 3. The maximum atomic E-state index is 11.3. The molecule has 3 unspecified atom stereocenters. The Kier molecular flexibility index (Phi) is 3.79. The molecule has 26 heavy (non-hydrogen) atoms. The molecule has 2 aliphatic rings. The van der Waals surface area contributed by atoms with Crippen molar-refractivity contribution in [2.24, 2.45) is 0 Å². The second kappa shape index (κ2) is 5.60. The topological polar surface area (TPSA) is 121 Å². The normalized spacial score (nSPS) is 42.3. The molecule has 2 aromatic rings. The molecule has 2 aromatic carbocycles. The Morgan fingerprint density at radius 2 is 1.35 bits per heavy atom. The minimum atomic E-state index is -2.22. The van der Waals surface area contributed by atoms with Crippen molar-refractivity contribution in [2.45, 2.75) is 40.8 Å². The number of hydrogen-bond acceptors (Lipinski definition) is 6. The third kappa shape index (κ3) is 1.72. The van der Waals surface area contributed by atoms with Gasteiger partial charge in [0.15, 0.2) is 0 Å². The van der Waals surface area contributed by atoms with Crippen LogP contribution >= 0.6 is 0 Å². The predicted molar refractivity (Wildman–Crippen MR) is 92.3 cm³/mol. The highest BCUT2D eigenvalue weighted by Gasteiger charge is 2.93. The third-order valence-corrected chi connectivity index (χ3v) is 6.29. The Labute approximate surface area is 150 Å². The van der Waals surface area contributed by atoms with Crippen LogP contribution in [0.15, 0.2) is 60.7 Å². The molecule has 138 valence electrons. The first-order chi connectivity index (χ1) is 12.3. The molecule has 0 aliphatic heterocycles. The van der Waals surface area contributed by atoms with Crippen LogP contribution in [-0.2, 0) is 0 Å². The van der Waals surface area contributed by atoms with E-state index in [1.165, 1.54) is 0 Å². The summed E-state index contributed by atoms with van der Waals surface area (Å²) in [5.41, 5.74) is -5.48. The molecular formula is C20H22O6. The average Bonchev–Trinajstić information content (AvgIpc) is 2.68. The maximum absolute atomic E-state index is 11.3. The van der Waals surface area contributed by atoms with Crippen molar-refractivity contribution in [2.75, 3.05) is 6.61 Å². The van der Waals surface area contributed by atoms with E-state index in [1.54, 1.807) is 60.7 Å². The summed E-state index contributed by atoms with van der Waals surface area (Å²) in [5, 5.41) is 64.4. The van der Waals surface area contributed by atoms with Crippen LogP contribution in [0.25, 0.3) is 0 Å². The Balaban J connectivity index is 1.86.